The molecule has 0 atom stereocenters. The zero-order chi connectivity index (χ0) is 9.14. The minimum atomic E-state index is -2.49. The van der Waals surface area contributed by atoms with Crippen LogP contribution in [0.1, 0.15) is 24.6 Å². The van der Waals surface area contributed by atoms with Crippen molar-refractivity contribution in [3.05, 3.63) is 28.5 Å². The van der Waals surface area contributed by atoms with Gasteiger partial charge in [0.15, 0.2) is 0 Å². The second-order valence-corrected chi connectivity index (χ2v) is 2.78. The third kappa shape index (κ3) is 1.91. The number of nitrogens with zero attached hydrogens (tertiary/aromatic N) is 1. The van der Waals surface area contributed by atoms with Crippen LogP contribution in [0.15, 0.2) is 12.3 Å². The predicted molar refractivity (Wildman–Crippen MR) is 43.6 cm³/mol. The van der Waals surface area contributed by atoms with Gasteiger partial charge >= 0.3 is 0 Å². The molecule has 1 heterocycles. The van der Waals surface area contributed by atoms with Crippen LogP contribution in [-0.4, -0.2) is 4.98 Å². The van der Waals surface area contributed by atoms with Crippen LogP contribution < -0.4 is 0 Å². The molecule has 0 unspecified atom stereocenters. The fourth-order valence-electron chi connectivity index (χ4n) is 0.968. The lowest BCUT2D eigenvalue weighted by Crippen LogP contribution is -1.96. The minimum Gasteiger partial charge on any atom is -0.259 e. The quantitative estimate of drug-likeness (QED) is 0.700. The molecule has 0 fully saturated rings. The SMILES string of the molecule is CCc1ncc(Cl)cc1C(F)F. The van der Waals surface area contributed by atoms with E-state index in [-0.39, 0.29) is 10.6 Å². The summed E-state index contributed by atoms with van der Waals surface area (Å²) in [5, 5.41) is 0.252. The zero-order valence-electron chi connectivity index (χ0n) is 6.52. The van der Waals surface area contributed by atoms with E-state index >= 15 is 0 Å². The van der Waals surface area contributed by atoms with Gasteiger partial charge in [-0.2, -0.15) is 0 Å². The van der Waals surface area contributed by atoms with Gasteiger partial charge in [0.05, 0.1) is 5.02 Å². The van der Waals surface area contributed by atoms with Crippen molar-refractivity contribution in [2.75, 3.05) is 0 Å². The Hall–Kier alpha value is -0.700. The summed E-state index contributed by atoms with van der Waals surface area (Å²) < 4.78 is 24.6. The fraction of sp³-hybridized carbons (Fsp3) is 0.375. The molecule has 12 heavy (non-hydrogen) atoms. The lowest BCUT2D eigenvalue weighted by atomic mass is 10.1. The first kappa shape index (κ1) is 9.39. The van der Waals surface area contributed by atoms with Gasteiger partial charge in [-0.3, -0.25) is 4.98 Å². The van der Waals surface area contributed by atoms with Crippen molar-refractivity contribution in [3.8, 4) is 0 Å². The summed E-state index contributed by atoms with van der Waals surface area (Å²) in [4.78, 5) is 3.81. The molecule has 1 rings (SSSR count). The number of hydrogen-bond acceptors (Lipinski definition) is 1. The third-order valence-electron chi connectivity index (χ3n) is 1.54. The number of hydrogen-bond donors (Lipinski definition) is 0. The normalized spacial score (nSPS) is 10.8. The summed E-state index contributed by atoms with van der Waals surface area (Å²) in [5.74, 6) is 0. The first-order valence-electron chi connectivity index (χ1n) is 3.57. The maximum Gasteiger partial charge on any atom is 0.265 e. The van der Waals surface area contributed by atoms with E-state index in [0.717, 1.165) is 0 Å². The zero-order valence-corrected chi connectivity index (χ0v) is 7.28. The second kappa shape index (κ2) is 3.81. The summed E-state index contributed by atoms with van der Waals surface area (Å²) in [6, 6.07) is 1.26. The maximum atomic E-state index is 12.3. The number of aromatic nitrogens is 1. The van der Waals surface area contributed by atoms with E-state index in [1.807, 2.05) is 0 Å². The van der Waals surface area contributed by atoms with Gasteiger partial charge in [-0.05, 0) is 12.5 Å². The molecule has 0 amide bonds. The molecule has 66 valence electrons. The van der Waals surface area contributed by atoms with E-state index in [1.165, 1.54) is 12.3 Å². The third-order valence-corrected chi connectivity index (χ3v) is 1.75. The number of pyridine rings is 1. The lowest BCUT2D eigenvalue weighted by Gasteiger charge is -2.05. The molecule has 1 aromatic rings. The largest absolute Gasteiger partial charge is 0.265 e. The van der Waals surface area contributed by atoms with Crippen molar-refractivity contribution >= 4 is 11.6 Å². The highest BCUT2D eigenvalue weighted by molar-refractivity contribution is 6.30. The first-order chi connectivity index (χ1) is 5.65. The van der Waals surface area contributed by atoms with Crippen LogP contribution in [0.3, 0.4) is 0 Å². The van der Waals surface area contributed by atoms with Crippen molar-refractivity contribution in [2.24, 2.45) is 0 Å². The van der Waals surface area contributed by atoms with E-state index in [2.05, 4.69) is 4.98 Å². The Morgan fingerprint density at radius 1 is 1.58 bits per heavy atom. The Morgan fingerprint density at radius 3 is 2.75 bits per heavy atom. The summed E-state index contributed by atoms with van der Waals surface area (Å²) in [6.07, 6.45) is -0.616. The van der Waals surface area contributed by atoms with E-state index in [4.69, 9.17) is 11.6 Å². The van der Waals surface area contributed by atoms with Crippen LogP contribution in [-0.2, 0) is 6.42 Å². The number of alkyl halides is 2. The molecular weight excluding hydrogens is 184 g/mol. The molecule has 0 aliphatic carbocycles. The smallest absolute Gasteiger partial charge is 0.259 e. The van der Waals surface area contributed by atoms with Crippen molar-refractivity contribution in [2.45, 2.75) is 19.8 Å². The molecule has 0 radical (unpaired) electrons. The van der Waals surface area contributed by atoms with Gasteiger partial charge in [-0.25, -0.2) is 8.78 Å². The molecule has 0 aromatic carbocycles. The Bertz CT molecular complexity index is 276. The van der Waals surface area contributed by atoms with E-state index in [0.29, 0.717) is 12.1 Å². The summed E-state index contributed by atoms with van der Waals surface area (Å²) in [5.41, 5.74) is 0.347. The van der Waals surface area contributed by atoms with E-state index < -0.39 is 6.43 Å². The van der Waals surface area contributed by atoms with E-state index in [1.54, 1.807) is 6.92 Å². The van der Waals surface area contributed by atoms with Crippen LogP contribution >= 0.6 is 11.6 Å². The molecule has 0 saturated carbocycles. The molecule has 0 N–H and O–H groups in total. The van der Waals surface area contributed by atoms with Crippen LogP contribution in [0.2, 0.25) is 5.02 Å². The molecule has 1 aromatic heterocycles. The van der Waals surface area contributed by atoms with Crippen molar-refractivity contribution in [1.29, 1.82) is 0 Å². The molecule has 0 bridgehead atoms. The predicted octanol–water partition coefficient (Wildman–Crippen LogP) is 3.24. The number of aryl methyl sites for hydroxylation is 1. The Kier molecular flexibility index (Phi) is 2.98. The van der Waals surface area contributed by atoms with Gasteiger partial charge in [0.1, 0.15) is 0 Å². The Morgan fingerprint density at radius 2 is 2.25 bits per heavy atom. The maximum absolute atomic E-state index is 12.3. The highest BCUT2D eigenvalue weighted by Gasteiger charge is 2.12. The topological polar surface area (TPSA) is 12.9 Å². The van der Waals surface area contributed by atoms with Crippen LogP contribution in [0, 0.1) is 0 Å². The van der Waals surface area contributed by atoms with Gasteiger partial charge in [0.25, 0.3) is 6.43 Å². The Balaban J connectivity index is 3.12. The minimum absolute atomic E-state index is 0.0648. The molecule has 0 saturated heterocycles. The molecule has 0 spiro atoms. The second-order valence-electron chi connectivity index (χ2n) is 2.34. The van der Waals surface area contributed by atoms with Crippen molar-refractivity contribution < 1.29 is 8.78 Å². The standard InChI is InChI=1S/C8H8ClF2N/c1-2-7-6(8(10)11)3-5(9)4-12-7/h3-4,8H,2H2,1H3. The lowest BCUT2D eigenvalue weighted by molar-refractivity contribution is 0.149. The average molecular weight is 192 g/mol. The van der Waals surface area contributed by atoms with Crippen LogP contribution in [0.4, 0.5) is 8.78 Å². The molecular formula is C8H8ClF2N. The average Bonchev–Trinajstić information content (AvgIpc) is 2.04. The van der Waals surface area contributed by atoms with Crippen molar-refractivity contribution in [3.63, 3.8) is 0 Å². The summed E-state index contributed by atoms with van der Waals surface area (Å²) in [7, 11) is 0. The summed E-state index contributed by atoms with van der Waals surface area (Å²) >= 11 is 5.52. The highest BCUT2D eigenvalue weighted by Crippen LogP contribution is 2.24. The van der Waals surface area contributed by atoms with Gasteiger partial charge in [0.2, 0.25) is 0 Å². The Labute approximate surface area is 74.4 Å². The molecule has 1 nitrogen and oxygen atoms in total. The number of rotatable bonds is 2. The van der Waals surface area contributed by atoms with Crippen molar-refractivity contribution in [1.82, 2.24) is 4.98 Å². The molecule has 4 heteroatoms. The number of halogens is 3. The van der Waals surface area contributed by atoms with Gasteiger partial charge < -0.3 is 0 Å². The van der Waals surface area contributed by atoms with Crippen LogP contribution in [0.25, 0.3) is 0 Å². The monoisotopic (exact) mass is 191 g/mol. The molecule has 0 aliphatic heterocycles. The fourth-order valence-corrected chi connectivity index (χ4v) is 1.13. The van der Waals surface area contributed by atoms with E-state index in [9.17, 15) is 8.78 Å². The van der Waals surface area contributed by atoms with Gasteiger partial charge in [-0.1, -0.05) is 18.5 Å². The summed E-state index contributed by atoms with van der Waals surface area (Å²) in [6.45, 7) is 1.78. The molecule has 0 aliphatic rings. The van der Waals surface area contributed by atoms with Crippen LogP contribution in [0.5, 0.6) is 0 Å². The first-order valence-corrected chi connectivity index (χ1v) is 3.95. The highest BCUT2D eigenvalue weighted by atomic mass is 35.5. The van der Waals surface area contributed by atoms with Gasteiger partial charge in [0, 0.05) is 17.5 Å². The van der Waals surface area contributed by atoms with Gasteiger partial charge in [-0.15, -0.1) is 0 Å².